The molecule has 2 heterocycles. The van der Waals surface area contributed by atoms with E-state index in [9.17, 15) is 4.79 Å². The lowest BCUT2D eigenvalue weighted by molar-refractivity contribution is 0.0706. The van der Waals surface area contributed by atoms with E-state index in [1.165, 1.54) is 7.11 Å². The molecule has 1 aromatic heterocycles. The normalized spacial score (nSPS) is 17.3. The van der Waals surface area contributed by atoms with Gasteiger partial charge in [-0.25, -0.2) is 0 Å². The molecule has 0 N–H and O–H groups in total. The number of aromatic nitrogens is 2. The Kier molecular flexibility index (Phi) is 4.18. The van der Waals surface area contributed by atoms with E-state index >= 15 is 0 Å². The predicted octanol–water partition coefficient (Wildman–Crippen LogP) is 2.37. The van der Waals surface area contributed by atoms with E-state index in [1.54, 1.807) is 37.1 Å². The van der Waals surface area contributed by atoms with Crippen LogP contribution in [-0.4, -0.2) is 41.7 Å². The van der Waals surface area contributed by atoms with Gasteiger partial charge in [0.25, 0.3) is 5.91 Å². The molecule has 1 aliphatic heterocycles. The summed E-state index contributed by atoms with van der Waals surface area (Å²) < 4.78 is 15.9. The van der Waals surface area contributed by atoms with E-state index in [0.29, 0.717) is 35.3 Å². The third-order valence-corrected chi connectivity index (χ3v) is 3.98. The zero-order valence-corrected chi connectivity index (χ0v) is 13.4. The fourth-order valence-corrected chi connectivity index (χ4v) is 2.93. The Balaban J connectivity index is 1.93. The van der Waals surface area contributed by atoms with Gasteiger partial charge < -0.3 is 18.9 Å². The summed E-state index contributed by atoms with van der Waals surface area (Å²) in [5.74, 6) is 1.89. The fraction of sp³-hybridized carbons (Fsp3) is 0.438. The molecule has 0 bridgehead atoms. The van der Waals surface area contributed by atoms with Crippen molar-refractivity contribution in [3.8, 4) is 11.5 Å². The smallest absolute Gasteiger partial charge is 0.258 e. The first kappa shape index (κ1) is 15.3. The van der Waals surface area contributed by atoms with Crippen LogP contribution < -0.4 is 9.47 Å². The van der Waals surface area contributed by atoms with E-state index < -0.39 is 0 Å². The lowest BCUT2D eigenvalue weighted by atomic mass is 10.1. The number of benzene rings is 1. The van der Waals surface area contributed by atoms with E-state index in [-0.39, 0.29) is 11.9 Å². The van der Waals surface area contributed by atoms with Crippen LogP contribution in [0.5, 0.6) is 11.5 Å². The number of hydrogen-bond donors (Lipinski definition) is 0. The van der Waals surface area contributed by atoms with Crippen LogP contribution >= 0.6 is 0 Å². The molecule has 0 spiro atoms. The second kappa shape index (κ2) is 6.28. The summed E-state index contributed by atoms with van der Waals surface area (Å²) in [5.41, 5.74) is 0.468. The van der Waals surface area contributed by atoms with Gasteiger partial charge in [-0.3, -0.25) is 4.79 Å². The van der Waals surface area contributed by atoms with Crippen LogP contribution in [0.15, 0.2) is 22.7 Å². The Bertz CT molecular complexity index is 713. The second-order valence-electron chi connectivity index (χ2n) is 5.38. The number of likely N-dealkylation sites (tertiary alicyclic amines) is 1. The standard InChI is InChI=1S/C16H19N3O4/c1-10-17-15(23-18-10)12-7-5-9-19(12)16(20)11-6-4-8-13(21-2)14(11)22-3/h4,6,8,12H,5,7,9H2,1-3H3. The van der Waals surface area contributed by atoms with Gasteiger partial charge in [-0.2, -0.15) is 4.98 Å². The van der Waals surface area contributed by atoms with Crippen molar-refractivity contribution in [1.29, 1.82) is 0 Å². The molecule has 1 aromatic carbocycles. The van der Waals surface area contributed by atoms with Gasteiger partial charge in [-0.05, 0) is 31.9 Å². The largest absolute Gasteiger partial charge is 0.493 e. The SMILES string of the molecule is COc1cccc(C(=O)N2CCCC2c2nc(C)no2)c1OC. The Hall–Kier alpha value is -2.57. The monoisotopic (exact) mass is 317 g/mol. The Labute approximate surface area is 134 Å². The van der Waals surface area contributed by atoms with Gasteiger partial charge >= 0.3 is 0 Å². The van der Waals surface area contributed by atoms with Crippen molar-refractivity contribution >= 4 is 5.91 Å². The molecule has 1 saturated heterocycles. The number of aryl methyl sites for hydroxylation is 1. The maximum atomic E-state index is 13.0. The molecule has 1 aliphatic rings. The highest BCUT2D eigenvalue weighted by Crippen LogP contribution is 2.36. The summed E-state index contributed by atoms with van der Waals surface area (Å²) in [6.45, 7) is 2.41. The lowest BCUT2D eigenvalue weighted by Gasteiger charge is -2.23. The van der Waals surface area contributed by atoms with Crippen LogP contribution in [0.2, 0.25) is 0 Å². The fourth-order valence-electron chi connectivity index (χ4n) is 2.93. The van der Waals surface area contributed by atoms with Gasteiger partial charge in [0.05, 0.1) is 19.8 Å². The molecule has 122 valence electrons. The third-order valence-electron chi connectivity index (χ3n) is 3.98. The van der Waals surface area contributed by atoms with E-state index in [0.717, 1.165) is 12.8 Å². The number of carbonyl (C=O) groups excluding carboxylic acids is 1. The Morgan fingerprint density at radius 3 is 2.83 bits per heavy atom. The minimum atomic E-state index is -0.195. The highest BCUT2D eigenvalue weighted by Gasteiger charge is 2.35. The van der Waals surface area contributed by atoms with E-state index in [4.69, 9.17) is 14.0 Å². The minimum Gasteiger partial charge on any atom is -0.493 e. The average molecular weight is 317 g/mol. The van der Waals surface area contributed by atoms with Crippen molar-refractivity contribution in [3.05, 3.63) is 35.5 Å². The number of ether oxygens (including phenoxy) is 2. The number of nitrogens with zero attached hydrogens (tertiary/aromatic N) is 3. The van der Waals surface area contributed by atoms with Gasteiger partial charge in [0, 0.05) is 6.54 Å². The molecule has 0 radical (unpaired) electrons. The minimum absolute atomic E-state index is 0.126. The van der Waals surface area contributed by atoms with Gasteiger partial charge in [-0.15, -0.1) is 0 Å². The number of hydrogen-bond acceptors (Lipinski definition) is 6. The van der Waals surface area contributed by atoms with Crippen LogP contribution in [0.3, 0.4) is 0 Å². The molecule has 1 atom stereocenters. The molecule has 23 heavy (non-hydrogen) atoms. The number of amides is 1. The molecule has 1 unspecified atom stereocenters. The molecule has 0 aliphatic carbocycles. The van der Waals surface area contributed by atoms with Crippen molar-refractivity contribution in [2.45, 2.75) is 25.8 Å². The molecular formula is C16H19N3O4. The number of carbonyl (C=O) groups is 1. The van der Waals surface area contributed by atoms with Crippen LogP contribution in [0.4, 0.5) is 0 Å². The molecule has 7 nitrogen and oxygen atoms in total. The van der Waals surface area contributed by atoms with Crippen molar-refractivity contribution in [2.24, 2.45) is 0 Å². The first-order valence-electron chi connectivity index (χ1n) is 7.48. The van der Waals surface area contributed by atoms with Gasteiger partial charge in [0.2, 0.25) is 5.89 Å². The first-order valence-corrected chi connectivity index (χ1v) is 7.48. The number of rotatable bonds is 4. The number of methoxy groups -OCH3 is 2. The molecular weight excluding hydrogens is 298 g/mol. The van der Waals surface area contributed by atoms with Gasteiger partial charge in [0.1, 0.15) is 6.04 Å². The van der Waals surface area contributed by atoms with Gasteiger partial charge in [0.15, 0.2) is 17.3 Å². The van der Waals surface area contributed by atoms with Crippen molar-refractivity contribution in [1.82, 2.24) is 15.0 Å². The van der Waals surface area contributed by atoms with Crippen molar-refractivity contribution in [3.63, 3.8) is 0 Å². The van der Waals surface area contributed by atoms with Gasteiger partial charge in [-0.1, -0.05) is 11.2 Å². The quantitative estimate of drug-likeness (QED) is 0.861. The summed E-state index contributed by atoms with van der Waals surface area (Å²) in [5, 5.41) is 3.82. The van der Waals surface area contributed by atoms with Crippen LogP contribution in [0.1, 0.15) is 41.0 Å². The highest BCUT2D eigenvalue weighted by atomic mass is 16.5. The summed E-state index contributed by atoms with van der Waals surface area (Å²) in [6, 6.07) is 5.08. The third kappa shape index (κ3) is 2.74. The highest BCUT2D eigenvalue weighted by molar-refractivity contribution is 5.98. The van der Waals surface area contributed by atoms with Crippen molar-refractivity contribution in [2.75, 3.05) is 20.8 Å². The summed E-state index contributed by atoms with van der Waals surface area (Å²) in [7, 11) is 3.07. The summed E-state index contributed by atoms with van der Waals surface area (Å²) in [6.07, 6.45) is 1.70. The maximum absolute atomic E-state index is 13.0. The predicted molar refractivity (Wildman–Crippen MR) is 81.6 cm³/mol. The number of para-hydroxylation sites is 1. The molecule has 1 amide bonds. The molecule has 3 rings (SSSR count). The molecule has 2 aromatic rings. The van der Waals surface area contributed by atoms with Crippen LogP contribution in [0, 0.1) is 6.92 Å². The van der Waals surface area contributed by atoms with E-state index in [1.807, 2.05) is 0 Å². The van der Waals surface area contributed by atoms with Crippen LogP contribution in [0.25, 0.3) is 0 Å². The van der Waals surface area contributed by atoms with E-state index in [2.05, 4.69) is 10.1 Å². The van der Waals surface area contributed by atoms with Crippen molar-refractivity contribution < 1.29 is 18.8 Å². The Morgan fingerprint density at radius 2 is 2.17 bits per heavy atom. The molecule has 0 saturated carbocycles. The second-order valence-corrected chi connectivity index (χ2v) is 5.38. The zero-order valence-electron chi connectivity index (χ0n) is 13.4. The summed E-state index contributed by atoms with van der Waals surface area (Å²) >= 11 is 0. The topological polar surface area (TPSA) is 77.7 Å². The average Bonchev–Trinajstić information content (AvgIpc) is 3.21. The lowest BCUT2D eigenvalue weighted by Crippen LogP contribution is -2.31. The Morgan fingerprint density at radius 1 is 1.35 bits per heavy atom. The molecule has 1 fully saturated rings. The molecule has 7 heteroatoms. The van der Waals surface area contributed by atoms with Crippen LogP contribution in [-0.2, 0) is 0 Å². The summed E-state index contributed by atoms with van der Waals surface area (Å²) in [4.78, 5) is 19.0. The first-order chi connectivity index (χ1) is 11.2. The zero-order chi connectivity index (χ0) is 16.4. The maximum Gasteiger partial charge on any atom is 0.258 e.